The smallest absolute Gasteiger partial charge is 0.164 e. The summed E-state index contributed by atoms with van der Waals surface area (Å²) in [5.74, 6) is 2.15. The number of anilines is 2. The number of benzene rings is 1. The van der Waals surface area contributed by atoms with E-state index in [-0.39, 0.29) is 0 Å². The fourth-order valence-electron chi connectivity index (χ4n) is 3.80. The second-order valence-electron chi connectivity index (χ2n) is 7.58. The minimum atomic E-state index is 0.525. The Hall–Kier alpha value is -2.79. The van der Waals surface area contributed by atoms with E-state index in [9.17, 15) is 0 Å². The Morgan fingerprint density at radius 3 is 2.64 bits per heavy atom. The lowest BCUT2D eigenvalue weighted by atomic mass is 10.0. The van der Waals surface area contributed by atoms with Crippen LogP contribution in [-0.2, 0) is 12.8 Å². The summed E-state index contributed by atoms with van der Waals surface area (Å²) in [6.45, 7) is 4.43. The molecule has 0 aliphatic heterocycles. The van der Waals surface area contributed by atoms with E-state index >= 15 is 0 Å². The lowest BCUT2D eigenvalue weighted by Gasteiger charge is -2.12. The van der Waals surface area contributed by atoms with Gasteiger partial charge in [0.25, 0.3) is 0 Å². The molecule has 5 heteroatoms. The van der Waals surface area contributed by atoms with Crippen LogP contribution in [0.2, 0.25) is 0 Å². The molecule has 0 saturated carbocycles. The van der Waals surface area contributed by atoms with E-state index in [0.717, 1.165) is 40.6 Å². The van der Waals surface area contributed by atoms with Crippen LogP contribution in [0.3, 0.4) is 0 Å². The summed E-state index contributed by atoms with van der Waals surface area (Å²) >= 11 is 1.81. The summed E-state index contributed by atoms with van der Waals surface area (Å²) in [5.41, 5.74) is 4.76. The van der Waals surface area contributed by atoms with Gasteiger partial charge in [-0.25, -0.2) is 9.97 Å². The van der Waals surface area contributed by atoms with Crippen LogP contribution in [0, 0.1) is 0 Å². The zero-order valence-corrected chi connectivity index (χ0v) is 16.9. The van der Waals surface area contributed by atoms with Crippen molar-refractivity contribution in [3.63, 3.8) is 0 Å². The first-order valence-corrected chi connectivity index (χ1v) is 10.6. The van der Waals surface area contributed by atoms with E-state index in [1.807, 2.05) is 29.7 Å². The highest BCUT2D eigenvalue weighted by Gasteiger charge is 2.23. The number of nitrogens with one attached hydrogen (secondary N) is 1. The number of rotatable bonds is 4. The van der Waals surface area contributed by atoms with Crippen molar-refractivity contribution >= 4 is 33.1 Å². The standard InChI is InChI=1S/C23H22N4S/c1-14(2)15-8-10-17(11-9-15)25-22-20-18-6-3-7-19(18)28-23(20)27-21(26-22)16-5-4-12-24-13-16/h4-5,8-14H,3,6-7H2,1-2H3,(H,25,26,27). The summed E-state index contributed by atoms with van der Waals surface area (Å²) in [6.07, 6.45) is 7.10. The number of hydrogen-bond donors (Lipinski definition) is 1. The van der Waals surface area contributed by atoms with Crippen molar-refractivity contribution in [2.45, 2.75) is 39.0 Å². The zero-order chi connectivity index (χ0) is 19.1. The Morgan fingerprint density at radius 1 is 1.04 bits per heavy atom. The minimum Gasteiger partial charge on any atom is -0.340 e. The number of fused-ring (bicyclic) bond motifs is 3. The van der Waals surface area contributed by atoms with Gasteiger partial charge in [0.05, 0.1) is 5.39 Å². The van der Waals surface area contributed by atoms with Gasteiger partial charge >= 0.3 is 0 Å². The second kappa shape index (κ2) is 6.99. The summed E-state index contributed by atoms with van der Waals surface area (Å²) < 4.78 is 0. The maximum atomic E-state index is 4.92. The van der Waals surface area contributed by atoms with Gasteiger partial charge in [-0.3, -0.25) is 4.98 Å². The monoisotopic (exact) mass is 386 g/mol. The van der Waals surface area contributed by atoms with Gasteiger partial charge in [0.2, 0.25) is 0 Å². The van der Waals surface area contributed by atoms with Gasteiger partial charge < -0.3 is 5.32 Å². The Morgan fingerprint density at radius 2 is 1.89 bits per heavy atom. The fraction of sp³-hybridized carbons (Fsp3) is 0.261. The molecule has 0 saturated heterocycles. The number of aromatic nitrogens is 3. The van der Waals surface area contributed by atoms with Crippen LogP contribution < -0.4 is 5.32 Å². The molecule has 0 bridgehead atoms. The summed E-state index contributed by atoms with van der Waals surface area (Å²) in [4.78, 5) is 16.6. The van der Waals surface area contributed by atoms with Crippen molar-refractivity contribution in [3.05, 3.63) is 64.8 Å². The molecule has 0 radical (unpaired) electrons. The molecular formula is C23H22N4S. The highest BCUT2D eigenvalue weighted by Crippen LogP contribution is 2.41. The van der Waals surface area contributed by atoms with Crippen LogP contribution in [0.1, 0.15) is 42.2 Å². The molecule has 0 fully saturated rings. The number of aryl methyl sites for hydroxylation is 2. The van der Waals surface area contributed by atoms with Crippen LogP contribution in [0.25, 0.3) is 21.6 Å². The number of pyridine rings is 1. The van der Waals surface area contributed by atoms with Crippen LogP contribution in [0.4, 0.5) is 11.5 Å². The van der Waals surface area contributed by atoms with Gasteiger partial charge in [0.15, 0.2) is 5.82 Å². The van der Waals surface area contributed by atoms with E-state index in [1.54, 1.807) is 6.20 Å². The normalized spacial score (nSPS) is 13.2. The third-order valence-electron chi connectivity index (χ3n) is 5.32. The van der Waals surface area contributed by atoms with E-state index < -0.39 is 0 Å². The van der Waals surface area contributed by atoms with Crippen LogP contribution >= 0.6 is 11.3 Å². The molecule has 3 aromatic heterocycles. The zero-order valence-electron chi connectivity index (χ0n) is 16.1. The van der Waals surface area contributed by atoms with Crippen LogP contribution in [-0.4, -0.2) is 15.0 Å². The predicted molar refractivity (Wildman–Crippen MR) is 116 cm³/mol. The molecule has 0 amide bonds. The third-order valence-corrected chi connectivity index (χ3v) is 6.51. The minimum absolute atomic E-state index is 0.525. The third kappa shape index (κ3) is 3.06. The molecule has 0 atom stereocenters. The van der Waals surface area contributed by atoms with Crippen molar-refractivity contribution in [3.8, 4) is 11.4 Å². The molecule has 4 aromatic rings. The highest BCUT2D eigenvalue weighted by atomic mass is 32.1. The van der Waals surface area contributed by atoms with Crippen molar-refractivity contribution in [1.82, 2.24) is 15.0 Å². The van der Waals surface area contributed by atoms with Gasteiger partial charge in [-0.15, -0.1) is 11.3 Å². The second-order valence-corrected chi connectivity index (χ2v) is 8.66. The fourth-order valence-corrected chi connectivity index (χ4v) is 5.06. The van der Waals surface area contributed by atoms with Crippen molar-refractivity contribution < 1.29 is 0 Å². The first kappa shape index (κ1) is 17.3. The maximum Gasteiger partial charge on any atom is 0.164 e. The van der Waals surface area contributed by atoms with Crippen molar-refractivity contribution in [1.29, 1.82) is 0 Å². The molecule has 1 N–H and O–H groups in total. The summed E-state index contributed by atoms with van der Waals surface area (Å²) in [7, 11) is 0. The van der Waals surface area contributed by atoms with Gasteiger partial charge in [-0.05, 0) is 60.6 Å². The first-order chi connectivity index (χ1) is 13.7. The average Bonchev–Trinajstić information content (AvgIpc) is 3.30. The Bertz CT molecular complexity index is 1130. The Balaban J connectivity index is 1.63. The molecule has 4 nitrogen and oxygen atoms in total. The molecule has 3 heterocycles. The van der Waals surface area contributed by atoms with Gasteiger partial charge in [-0.1, -0.05) is 26.0 Å². The van der Waals surface area contributed by atoms with Gasteiger partial charge in [0, 0.05) is 28.5 Å². The molecule has 1 aliphatic carbocycles. The largest absolute Gasteiger partial charge is 0.340 e. The number of nitrogens with zero attached hydrogens (tertiary/aromatic N) is 3. The molecule has 140 valence electrons. The molecule has 28 heavy (non-hydrogen) atoms. The Kier molecular flexibility index (Phi) is 4.32. The van der Waals surface area contributed by atoms with Gasteiger partial charge in [0.1, 0.15) is 10.6 Å². The summed E-state index contributed by atoms with van der Waals surface area (Å²) in [5, 5.41) is 4.77. The number of thiophene rings is 1. The average molecular weight is 387 g/mol. The van der Waals surface area contributed by atoms with E-state index in [2.05, 4.69) is 48.4 Å². The van der Waals surface area contributed by atoms with Crippen LogP contribution in [0.5, 0.6) is 0 Å². The number of hydrogen-bond acceptors (Lipinski definition) is 5. The van der Waals surface area contributed by atoms with Gasteiger partial charge in [-0.2, -0.15) is 0 Å². The lowest BCUT2D eigenvalue weighted by Crippen LogP contribution is -2.00. The highest BCUT2D eigenvalue weighted by molar-refractivity contribution is 7.19. The molecule has 0 unspecified atom stereocenters. The molecule has 0 spiro atoms. The molecule has 5 rings (SSSR count). The SMILES string of the molecule is CC(C)c1ccc(Nc2nc(-c3cccnc3)nc3sc4c(c23)CCC4)cc1. The first-order valence-electron chi connectivity index (χ1n) is 9.78. The molecular weight excluding hydrogens is 364 g/mol. The van der Waals surface area contributed by atoms with E-state index in [4.69, 9.17) is 9.97 Å². The summed E-state index contributed by atoms with van der Waals surface area (Å²) in [6, 6.07) is 12.6. The Labute approximate surface area is 168 Å². The predicted octanol–water partition coefficient (Wildman–Crippen LogP) is 6.11. The quantitative estimate of drug-likeness (QED) is 0.460. The van der Waals surface area contributed by atoms with Crippen molar-refractivity contribution in [2.75, 3.05) is 5.32 Å². The molecule has 1 aromatic carbocycles. The molecule has 1 aliphatic rings. The topological polar surface area (TPSA) is 50.7 Å². The van der Waals surface area contributed by atoms with Crippen molar-refractivity contribution in [2.24, 2.45) is 0 Å². The maximum absolute atomic E-state index is 4.92. The van der Waals surface area contributed by atoms with Crippen LogP contribution in [0.15, 0.2) is 48.8 Å². The van der Waals surface area contributed by atoms with E-state index in [1.165, 1.54) is 27.8 Å². The van der Waals surface area contributed by atoms with E-state index in [0.29, 0.717) is 5.92 Å². The lowest BCUT2D eigenvalue weighted by molar-refractivity contribution is 0.867.